The molecule has 0 radical (unpaired) electrons. The van der Waals surface area contributed by atoms with Crippen molar-refractivity contribution in [2.24, 2.45) is 10.9 Å². The number of rotatable bonds is 6. The van der Waals surface area contributed by atoms with E-state index in [9.17, 15) is 0 Å². The minimum Gasteiger partial charge on any atom is -0.357 e. The monoisotopic (exact) mass is 371 g/mol. The van der Waals surface area contributed by atoms with Gasteiger partial charge < -0.3 is 10.6 Å². The maximum atomic E-state index is 4.63. The SMILES string of the molecule is CCNC(=NCC(C)(C)SC)NCC1CC1.I. The van der Waals surface area contributed by atoms with E-state index in [2.05, 4.69) is 42.7 Å². The Morgan fingerprint density at radius 1 is 1.35 bits per heavy atom. The molecule has 0 aliphatic heterocycles. The molecule has 0 heterocycles. The summed E-state index contributed by atoms with van der Waals surface area (Å²) in [7, 11) is 0. The van der Waals surface area contributed by atoms with E-state index in [1.807, 2.05) is 11.8 Å². The highest BCUT2D eigenvalue weighted by molar-refractivity contribution is 14.0. The topological polar surface area (TPSA) is 36.4 Å². The van der Waals surface area contributed by atoms with Crippen LogP contribution >= 0.6 is 35.7 Å². The lowest BCUT2D eigenvalue weighted by atomic mass is 10.2. The molecule has 17 heavy (non-hydrogen) atoms. The Morgan fingerprint density at radius 3 is 2.47 bits per heavy atom. The van der Waals surface area contributed by atoms with E-state index in [0.29, 0.717) is 0 Å². The second kappa shape index (κ2) is 8.45. The number of hydrogen-bond donors (Lipinski definition) is 2. The lowest BCUT2D eigenvalue weighted by Crippen LogP contribution is -2.39. The number of hydrogen-bond acceptors (Lipinski definition) is 2. The molecular formula is C12H26IN3S. The van der Waals surface area contributed by atoms with Crippen LogP contribution in [0.4, 0.5) is 0 Å². The molecule has 1 aliphatic rings. The number of nitrogens with zero attached hydrogens (tertiary/aromatic N) is 1. The molecule has 0 saturated heterocycles. The second-order valence-corrected chi connectivity index (χ2v) is 6.50. The summed E-state index contributed by atoms with van der Waals surface area (Å²) < 4.78 is 0.224. The van der Waals surface area contributed by atoms with Gasteiger partial charge in [-0.1, -0.05) is 0 Å². The van der Waals surface area contributed by atoms with Crippen molar-refractivity contribution in [2.75, 3.05) is 25.9 Å². The van der Waals surface area contributed by atoms with Crippen molar-refractivity contribution in [3.8, 4) is 0 Å². The van der Waals surface area contributed by atoms with Crippen LogP contribution in [0.25, 0.3) is 0 Å². The first kappa shape index (κ1) is 17.4. The molecule has 102 valence electrons. The van der Waals surface area contributed by atoms with Crippen LogP contribution in [-0.4, -0.2) is 36.6 Å². The molecule has 0 aromatic rings. The predicted molar refractivity (Wildman–Crippen MR) is 89.7 cm³/mol. The summed E-state index contributed by atoms with van der Waals surface area (Å²) in [5.74, 6) is 1.86. The molecule has 1 rings (SSSR count). The number of halogens is 1. The second-order valence-electron chi connectivity index (χ2n) is 4.98. The van der Waals surface area contributed by atoms with E-state index in [1.165, 1.54) is 12.8 Å². The summed E-state index contributed by atoms with van der Waals surface area (Å²) in [5, 5.41) is 6.70. The molecule has 1 saturated carbocycles. The highest BCUT2D eigenvalue weighted by Gasteiger charge is 2.21. The van der Waals surface area contributed by atoms with Crippen molar-refractivity contribution in [1.82, 2.24) is 10.6 Å². The summed E-state index contributed by atoms with van der Waals surface area (Å²) in [5.41, 5.74) is 0. The van der Waals surface area contributed by atoms with Gasteiger partial charge in [-0.15, -0.1) is 24.0 Å². The van der Waals surface area contributed by atoms with Gasteiger partial charge in [0.2, 0.25) is 0 Å². The van der Waals surface area contributed by atoms with Crippen molar-refractivity contribution >= 4 is 41.7 Å². The Balaban J connectivity index is 0.00000256. The molecule has 1 aliphatic carbocycles. The van der Waals surface area contributed by atoms with Crippen LogP contribution in [-0.2, 0) is 0 Å². The van der Waals surface area contributed by atoms with Gasteiger partial charge in [0.1, 0.15) is 0 Å². The Morgan fingerprint density at radius 2 is 2.00 bits per heavy atom. The van der Waals surface area contributed by atoms with Gasteiger partial charge >= 0.3 is 0 Å². The van der Waals surface area contributed by atoms with Gasteiger partial charge in [0, 0.05) is 17.8 Å². The maximum Gasteiger partial charge on any atom is 0.191 e. The maximum absolute atomic E-state index is 4.63. The van der Waals surface area contributed by atoms with E-state index in [1.54, 1.807) is 0 Å². The van der Waals surface area contributed by atoms with Gasteiger partial charge in [-0.25, -0.2) is 0 Å². The minimum atomic E-state index is 0. The van der Waals surface area contributed by atoms with Crippen LogP contribution in [0, 0.1) is 5.92 Å². The van der Waals surface area contributed by atoms with Gasteiger partial charge in [-0.05, 0) is 45.8 Å². The number of aliphatic imine (C=N–C) groups is 1. The van der Waals surface area contributed by atoms with Crippen LogP contribution in [0.15, 0.2) is 4.99 Å². The van der Waals surface area contributed by atoms with Crippen molar-refractivity contribution in [2.45, 2.75) is 38.4 Å². The largest absolute Gasteiger partial charge is 0.357 e. The smallest absolute Gasteiger partial charge is 0.191 e. The lowest BCUT2D eigenvalue weighted by molar-refractivity contribution is 0.699. The van der Waals surface area contributed by atoms with Crippen molar-refractivity contribution < 1.29 is 0 Å². The average Bonchev–Trinajstić information content (AvgIpc) is 3.06. The third kappa shape index (κ3) is 8.13. The zero-order valence-corrected chi connectivity index (χ0v) is 14.5. The Bertz CT molecular complexity index is 240. The van der Waals surface area contributed by atoms with E-state index in [0.717, 1.165) is 31.5 Å². The van der Waals surface area contributed by atoms with E-state index < -0.39 is 0 Å². The third-order valence-corrected chi connectivity index (χ3v) is 4.00. The fourth-order valence-electron chi connectivity index (χ4n) is 1.24. The molecule has 0 aromatic heterocycles. The molecule has 0 amide bonds. The van der Waals surface area contributed by atoms with Crippen LogP contribution in [0.2, 0.25) is 0 Å². The van der Waals surface area contributed by atoms with Gasteiger partial charge in [0.05, 0.1) is 6.54 Å². The fraction of sp³-hybridized carbons (Fsp3) is 0.917. The third-order valence-electron chi connectivity index (χ3n) is 2.77. The highest BCUT2D eigenvalue weighted by atomic mass is 127. The van der Waals surface area contributed by atoms with Gasteiger partial charge in [-0.3, -0.25) is 4.99 Å². The zero-order valence-electron chi connectivity index (χ0n) is 11.4. The molecule has 0 unspecified atom stereocenters. The predicted octanol–water partition coefficient (Wildman–Crippen LogP) is 2.71. The first-order valence-corrected chi connectivity index (χ1v) is 7.37. The highest BCUT2D eigenvalue weighted by Crippen LogP contribution is 2.27. The molecule has 2 N–H and O–H groups in total. The quantitative estimate of drug-likeness (QED) is 0.428. The van der Waals surface area contributed by atoms with Gasteiger partial charge in [0.15, 0.2) is 5.96 Å². The summed E-state index contributed by atoms with van der Waals surface area (Å²) in [4.78, 5) is 4.63. The number of nitrogens with one attached hydrogen (secondary N) is 2. The molecule has 0 atom stereocenters. The number of thioether (sulfide) groups is 1. The van der Waals surface area contributed by atoms with Crippen molar-refractivity contribution in [1.29, 1.82) is 0 Å². The van der Waals surface area contributed by atoms with Crippen LogP contribution in [0.1, 0.15) is 33.6 Å². The molecule has 5 heteroatoms. The fourth-order valence-corrected chi connectivity index (χ4v) is 1.43. The molecule has 3 nitrogen and oxygen atoms in total. The number of guanidine groups is 1. The average molecular weight is 371 g/mol. The molecule has 0 bridgehead atoms. The lowest BCUT2D eigenvalue weighted by Gasteiger charge is -2.20. The first-order valence-electron chi connectivity index (χ1n) is 6.14. The zero-order chi connectivity index (χ0) is 12.0. The normalized spacial score (nSPS) is 16.4. The first-order chi connectivity index (χ1) is 7.57. The molecule has 0 spiro atoms. The van der Waals surface area contributed by atoms with Crippen LogP contribution < -0.4 is 10.6 Å². The summed E-state index contributed by atoms with van der Waals surface area (Å²) >= 11 is 1.86. The summed E-state index contributed by atoms with van der Waals surface area (Å²) in [6.45, 7) is 9.42. The van der Waals surface area contributed by atoms with Gasteiger partial charge in [0.25, 0.3) is 0 Å². The Hall–Kier alpha value is 0.350. The van der Waals surface area contributed by atoms with E-state index in [4.69, 9.17) is 0 Å². The Labute approximate surface area is 127 Å². The van der Waals surface area contributed by atoms with Crippen LogP contribution in [0.5, 0.6) is 0 Å². The molecule has 1 fully saturated rings. The molecule has 0 aromatic carbocycles. The minimum absolute atomic E-state index is 0. The van der Waals surface area contributed by atoms with Gasteiger partial charge in [-0.2, -0.15) is 11.8 Å². The van der Waals surface area contributed by atoms with E-state index in [-0.39, 0.29) is 28.7 Å². The van der Waals surface area contributed by atoms with Crippen molar-refractivity contribution in [3.63, 3.8) is 0 Å². The van der Waals surface area contributed by atoms with E-state index >= 15 is 0 Å². The standard InChI is InChI=1S/C12H25N3S.HI/c1-5-13-11(14-8-10-6-7-10)15-9-12(2,3)16-4;/h10H,5-9H2,1-4H3,(H2,13,14,15);1H. The van der Waals surface area contributed by atoms with Crippen molar-refractivity contribution in [3.05, 3.63) is 0 Å². The summed E-state index contributed by atoms with van der Waals surface area (Å²) in [6.07, 6.45) is 4.89. The Kier molecular flexibility index (Phi) is 8.63. The molecular weight excluding hydrogens is 345 g/mol. The summed E-state index contributed by atoms with van der Waals surface area (Å²) in [6, 6.07) is 0. The van der Waals surface area contributed by atoms with Crippen LogP contribution in [0.3, 0.4) is 0 Å².